The van der Waals surface area contributed by atoms with Gasteiger partial charge in [-0.05, 0) is 24.6 Å². The number of nitrogens with two attached hydrogens (primary N) is 1. The maximum Gasteiger partial charge on any atom is 0.195 e. The average molecular weight is 349 g/mol. The highest BCUT2D eigenvalue weighted by Crippen LogP contribution is 2.36. The summed E-state index contributed by atoms with van der Waals surface area (Å²) in [6.07, 6.45) is 0. The molecule has 0 aliphatic carbocycles. The predicted octanol–water partition coefficient (Wildman–Crippen LogP) is 4.59. The Bertz CT molecular complexity index is 1000. The van der Waals surface area contributed by atoms with Gasteiger partial charge in [-0.2, -0.15) is 0 Å². The topological polar surface area (TPSA) is 52.5 Å². The van der Waals surface area contributed by atoms with Gasteiger partial charge in [-0.1, -0.05) is 42.5 Å². The van der Waals surface area contributed by atoms with Crippen LogP contribution in [0.3, 0.4) is 0 Å². The van der Waals surface area contributed by atoms with Gasteiger partial charge in [0.2, 0.25) is 0 Å². The molecule has 0 atom stereocenters. The lowest BCUT2D eigenvalue weighted by atomic mass is 10.1. The van der Waals surface area contributed by atoms with E-state index in [4.69, 9.17) is 15.5 Å². The number of hydrogen-bond acceptors (Lipinski definition) is 4. The Hall–Kier alpha value is -2.63. The lowest BCUT2D eigenvalue weighted by molar-refractivity contribution is 0.341. The fraction of sp³-hybridized carbons (Fsp3) is 0.150. The van der Waals surface area contributed by atoms with Gasteiger partial charge in [0.15, 0.2) is 4.96 Å². The maximum atomic E-state index is 6.13. The van der Waals surface area contributed by atoms with Gasteiger partial charge in [0.05, 0.1) is 23.7 Å². The van der Waals surface area contributed by atoms with Gasteiger partial charge in [0.1, 0.15) is 5.75 Å². The van der Waals surface area contributed by atoms with Gasteiger partial charge >= 0.3 is 0 Å². The number of aromatic nitrogens is 2. The molecule has 4 nitrogen and oxygen atoms in total. The van der Waals surface area contributed by atoms with Crippen molar-refractivity contribution in [3.8, 4) is 28.3 Å². The molecule has 126 valence electrons. The minimum absolute atomic E-state index is 0.410. The lowest BCUT2D eigenvalue weighted by Crippen LogP contribution is -2.04. The van der Waals surface area contributed by atoms with Crippen LogP contribution in [0.15, 0.2) is 60.0 Å². The van der Waals surface area contributed by atoms with Gasteiger partial charge in [-0.3, -0.25) is 4.40 Å². The zero-order valence-electron chi connectivity index (χ0n) is 14.0. The van der Waals surface area contributed by atoms with Crippen LogP contribution < -0.4 is 10.5 Å². The number of imidazole rings is 1. The fourth-order valence-corrected chi connectivity index (χ4v) is 3.99. The lowest BCUT2D eigenvalue weighted by Gasteiger charge is -2.10. The molecule has 5 heteroatoms. The van der Waals surface area contributed by atoms with E-state index in [9.17, 15) is 0 Å². The molecule has 2 aromatic heterocycles. The van der Waals surface area contributed by atoms with Crippen molar-refractivity contribution in [1.82, 2.24) is 9.38 Å². The van der Waals surface area contributed by atoms with E-state index in [-0.39, 0.29) is 0 Å². The van der Waals surface area contributed by atoms with E-state index in [0.29, 0.717) is 13.2 Å². The Morgan fingerprint density at radius 2 is 1.84 bits per heavy atom. The van der Waals surface area contributed by atoms with Crippen molar-refractivity contribution in [2.24, 2.45) is 5.73 Å². The molecule has 0 amide bonds. The number of ether oxygens (including phenoxy) is 1. The first-order chi connectivity index (χ1) is 12.3. The molecule has 4 rings (SSSR count). The molecule has 25 heavy (non-hydrogen) atoms. The molecular formula is C20H19N3OS. The van der Waals surface area contributed by atoms with Crippen LogP contribution in [0.5, 0.6) is 5.75 Å². The standard InChI is InChI=1S/C20H19N3OS/c1-2-24-18-11-7-6-10-15(18)19-16(12-21)23-17(13-25-20(23)22-19)14-8-4-3-5-9-14/h3-11,13H,2,12,21H2,1H3. The maximum absolute atomic E-state index is 6.13. The summed E-state index contributed by atoms with van der Waals surface area (Å²) >= 11 is 1.63. The van der Waals surface area contributed by atoms with Crippen molar-refractivity contribution in [3.63, 3.8) is 0 Å². The van der Waals surface area contributed by atoms with Crippen molar-refractivity contribution in [3.05, 3.63) is 65.7 Å². The highest BCUT2D eigenvalue weighted by Gasteiger charge is 2.20. The Balaban J connectivity index is 1.94. The van der Waals surface area contributed by atoms with E-state index < -0.39 is 0 Å². The van der Waals surface area contributed by atoms with Crippen LogP contribution in [-0.4, -0.2) is 16.0 Å². The molecule has 0 fully saturated rings. The molecule has 0 spiro atoms. The number of para-hydroxylation sites is 1. The zero-order valence-corrected chi connectivity index (χ0v) is 14.8. The summed E-state index contributed by atoms with van der Waals surface area (Å²) in [6.45, 7) is 3.01. The second-order valence-electron chi connectivity index (χ2n) is 5.65. The molecule has 2 aromatic carbocycles. The van der Waals surface area contributed by atoms with Gasteiger partial charge in [0, 0.05) is 17.5 Å². The SMILES string of the molecule is CCOc1ccccc1-c1nc2scc(-c3ccccc3)n2c1CN. The third-order valence-electron chi connectivity index (χ3n) is 4.16. The monoisotopic (exact) mass is 349 g/mol. The second kappa shape index (κ2) is 6.70. The molecule has 0 bridgehead atoms. The molecule has 0 aliphatic heterocycles. The Morgan fingerprint density at radius 1 is 1.08 bits per heavy atom. The van der Waals surface area contributed by atoms with Gasteiger partial charge in [-0.15, -0.1) is 11.3 Å². The van der Waals surface area contributed by atoms with Crippen LogP contribution in [-0.2, 0) is 6.54 Å². The summed E-state index contributed by atoms with van der Waals surface area (Å²) in [7, 11) is 0. The fourth-order valence-electron chi connectivity index (χ4n) is 3.07. The first-order valence-electron chi connectivity index (χ1n) is 8.30. The van der Waals surface area contributed by atoms with Gasteiger partial charge < -0.3 is 10.5 Å². The summed E-state index contributed by atoms with van der Waals surface area (Å²) in [5.41, 5.74) is 11.3. The summed E-state index contributed by atoms with van der Waals surface area (Å²) in [5, 5.41) is 2.13. The quantitative estimate of drug-likeness (QED) is 0.573. The average Bonchev–Trinajstić information content (AvgIpc) is 3.22. The van der Waals surface area contributed by atoms with Crippen LogP contribution in [0.1, 0.15) is 12.6 Å². The van der Waals surface area contributed by atoms with Gasteiger partial charge in [-0.25, -0.2) is 4.98 Å². The van der Waals surface area contributed by atoms with Crippen LogP contribution in [0.25, 0.3) is 27.5 Å². The smallest absolute Gasteiger partial charge is 0.195 e. The highest BCUT2D eigenvalue weighted by molar-refractivity contribution is 7.15. The van der Waals surface area contributed by atoms with Crippen molar-refractivity contribution < 1.29 is 4.74 Å². The minimum Gasteiger partial charge on any atom is -0.493 e. The summed E-state index contributed by atoms with van der Waals surface area (Å²) in [4.78, 5) is 5.81. The molecule has 0 saturated carbocycles. The first kappa shape index (κ1) is 15.9. The van der Waals surface area contributed by atoms with E-state index in [0.717, 1.165) is 38.9 Å². The van der Waals surface area contributed by atoms with Crippen molar-refractivity contribution in [2.45, 2.75) is 13.5 Å². The zero-order chi connectivity index (χ0) is 17.2. The van der Waals surface area contributed by atoms with Crippen molar-refractivity contribution >= 4 is 16.3 Å². The Kier molecular flexibility index (Phi) is 4.26. The van der Waals surface area contributed by atoms with Crippen molar-refractivity contribution in [2.75, 3.05) is 6.61 Å². The van der Waals surface area contributed by atoms with E-state index in [1.165, 1.54) is 0 Å². The number of rotatable bonds is 5. The Morgan fingerprint density at radius 3 is 2.60 bits per heavy atom. The number of hydrogen-bond donors (Lipinski definition) is 1. The normalized spacial score (nSPS) is 11.1. The summed E-state index contributed by atoms with van der Waals surface area (Å²) < 4.78 is 7.96. The number of nitrogens with zero attached hydrogens (tertiary/aromatic N) is 2. The summed E-state index contributed by atoms with van der Waals surface area (Å²) in [5.74, 6) is 0.840. The van der Waals surface area contributed by atoms with E-state index >= 15 is 0 Å². The third kappa shape index (κ3) is 2.71. The molecule has 4 aromatic rings. The van der Waals surface area contributed by atoms with Crippen molar-refractivity contribution in [1.29, 1.82) is 0 Å². The minimum atomic E-state index is 0.410. The number of benzene rings is 2. The summed E-state index contributed by atoms with van der Waals surface area (Å²) in [6, 6.07) is 18.3. The van der Waals surface area contributed by atoms with E-state index in [2.05, 4.69) is 21.9 Å². The predicted molar refractivity (Wildman–Crippen MR) is 103 cm³/mol. The second-order valence-corrected chi connectivity index (χ2v) is 6.48. The molecule has 2 heterocycles. The van der Waals surface area contributed by atoms with Crippen LogP contribution in [0.4, 0.5) is 0 Å². The number of fused-ring (bicyclic) bond motifs is 1. The van der Waals surface area contributed by atoms with E-state index in [1.54, 1.807) is 11.3 Å². The Labute approximate surface area is 150 Å². The largest absolute Gasteiger partial charge is 0.493 e. The number of thiazole rings is 1. The molecule has 0 unspecified atom stereocenters. The first-order valence-corrected chi connectivity index (χ1v) is 9.18. The van der Waals surface area contributed by atoms with E-state index in [1.807, 2.05) is 49.4 Å². The van der Waals surface area contributed by atoms with Crippen LogP contribution in [0.2, 0.25) is 0 Å². The van der Waals surface area contributed by atoms with Crippen LogP contribution >= 0.6 is 11.3 Å². The molecule has 2 N–H and O–H groups in total. The van der Waals surface area contributed by atoms with Crippen LogP contribution in [0, 0.1) is 0 Å². The molecule has 0 saturated heterocycles. The molecule has 0 radical (unpaired) electrons. The van der Waals surface area contributed by atoms with Gasteiger partial charge in [0.25, 0.3) is 0 Å². The highest BCUT2D eigenvalue weighted by atomic mass is 32.1. The molecular weight excluding hydrogens is 330 g/mol. The third-order valence-corrected chi connectivity index (χ3v) is 4.99. The molecule has 0 aliphatic rings.